The van der Waals surface area contributed by atoms with E-state index >= 15 is 0 Å². The molecule has 1 aromatic carbocycles. The summed E-state index contributed by atoms with van der Waals surface area (Å²) in [7, 11) is 0. The number of likely N-dealkylation sites (tertiary alicyclic amines) is 1. The normalized spacial score (nSPS) is 20.3. The third kappa shape index (κ3) is 3.72. The Labute approximate surface area is 149 Å². The van der Waals surface area contributed by atoms with Crippen LogP contribution in [0.5, 0.6) is 0 Å². The number of halogens is 2. The molecule has 1 fully saturated rings. The van der Waals surface area contributed by atoms with Gasteiger partial charge in [-0.2, -0.15) is 0 Å². The van der Waals surface area contributed by atoms with Gasteiger partial charge in [-0.1, -0.05) is 35.3 Å². The van der Waals surface area contributed by atoms with Crippen molar-refractivity contribution in [2.45, 2.75) is 18.9 Å². The molecule has 2 heterocycles. The van der Waals surface area contributed by atoms with Crippen LogP contribution in [0.2, 0.25) is 10.0 Å². The number of carboxylic acids is 1. The Kier molecular flexibility index (Phi) is 5.27. The van der Waals surface area contributed by atoms with E-state index in [2.05, 4.69) is 11.0 Å². The first-order valence-electron chi connectivity index (χ1n) is 7.51. The third-order valence-electron chi connectivity index (χ3n) is 4.24. The molecule has 0 bridgehead atoms. The van der Waals surface area contributed by atoms with Crippen molar-refractivity contribution in [1.82, 2.24) is 4.90 Å². The van der Waals surface area contributed by atoms with Gasteiger partial charge < -0.3 is 5.11 Å². The summed E-state index contributed by atoms with van der Waals surface area (Å²) in [6.07, 6.45) is 1.63. The molecule has 2 aromatic rings. The number of carboxylic acid groups (broad SMARTS) is 1. The highest BCUT2D eigenvalue weighted by Crippen LogP contribution is 2.37. The van der Waals surface area contributed by atoms with Crippen LogP contribution in [0.1, 0.15) is 29.3 Å². The monoisotopic (exact) mass is 369 g/mol. The van der Waals surface area contributed by atoms with E-state index in [0.717, 1.165) is 24.9 Å². The van der Waals surface area contributed by atoms with E-state index in [9.17, 15) is 9.90 Å². The van der Waals surface area contributed by atoms with Crippen LogP contribution < -0.4 is 0 Å². The fourth-order valence-electron chi connectivity index (χ4n) is 3.13. The summed E-state index contributed by atoms with van der Waals surface area (Å²) in [4.78, 5) is 14.8. The average molecular weight is 370 g/mol. The largest absolute Gasteiger partial charge is 0.481 e. The molecule has 122 valence electrons. The van der Waals surface area contributed by atoms with Gasteiger partial charge in [0.1, 0.15) is 0 Å². The van der Waals surface area contributed by atoms with E-state index in [4.69, 9.17) is 23.2 Å². The van der Waals surface area contributed by atoms with Gasteiger partial charge in [-0.15, -0.1) is 11.3 Å². The molecule has 6 heteroatoms. The lowest BCUT2D eigenvalue weighted by atomic mass is 9.94. The highest BCUT2D eigenvalue weighted by Gasteiger charge is 2.31. The molecule has 1 saturated heterocycles. The lowest BCUT2D eigenvalue weighted by Gasteiger charge is -2.37. The second-order valence-electron chi connectivity index (χ2n) is 5.76. The molecule has 0 saturated carbocycles. The number of nitrogens with zero attached hydrogens (tertiary/aromatic N) is 1. The van der Waals surface area contributed by atoms with Crippen LogP contribution in [0.4, 0.5) is 0 Å². The Bertz CT molecular complexity index is 690. The van der Waals surface area contributed by atoms with Crippen molar-refractivity contribution in [3.8, 4) is 0 Å². The van der Waals surface area contributed by atoms with Crippen LogP contribution in [0.25, 0.3) is 0 Å². The Morgan fingerprint density at radius 2 is 2.13 bits per heavy atom. The molecule has 0 spiro atoms. The molecule has 0 radical (unpaired) electrons. The fraction of sp³-hybridized carbons (Fsp3) is 0.353. The average Bonchev–Trinajstić information content (AvgIpc) is 3.05. The van der Waals surface area contributed by atoms with E-state index in [1.807, 2.05) is 23.6 Å². The molecule has 23 heavy (non-hydrogen) atoms. The van der Waals surface area contributed by atoms with E-state index in [-0.39, 0.29) is 12.0 Å². The number of benzene rings is 1. The van der Waals surface area contributed by atoms with Crippen molar-refractivity contribution in [3.63, 3.8) is 0 Å². The predicted octanol–water partition coefficient (Wildman–Crippen LogP) is 4.94. The summed E-state index contributed by atoms with van der Waals surface area (Å²) in [5.74, 6) is -1.03. The van der Waals surface area contributed by atoms with Gasteiger partial charge in [0.2, 0.25) is 0 Å². The number of aliphatic carboxylic acids is 1. The van der Waals surface area contributed by atoms with Crippen LogP contribution in [-0.2, 0) is 4.79 Å². The summed E-state index contributed by atoms with van der Waals surface area (Å²) in [6, 6.07) is 9.79. The Balaban J connectivity index is 1.96. The van der Waals surface area contributed by atoms with Crippen molar-refractivity contribution in [2.24, 2.45) is 5.92 Å². The minimum absolute atomic E-state index is 0.0203. The number of rotatable bonds is 4. The maximum atomic E-state index is 11.4. The SMILES string of the molecule is O=C(O)C1CCCN(C(c2ccc(Cl)c(Cl)c2)c2cccs2)C1. The molecule has 2 unspecified atom stereocenters. The van der Waals surface area contributed by atoms with Crippen LogP contribution in [-0.4, -0.2) is 29.1 Å². The van der Waals surface area contributed by atoms with Gasteiger partial charge in [0, 0.05) is 11.4 Å². The van der Waals surface area contributed by atoms with Gasteiger partial charge in [0.05, 0.1) is 22.0 Å². The van der Waals surface area contributed by atoms with E-state index in [1.165, 1.54) is 4.88 Å². The number of hydrogen-bond acceptors (Lipinski definition) is 3. The second-order valence-corrected chi connectivity index (χ2v) is 7.56. The molecule has 1 aromatic heterocycles. The number of thiophene rings is 1. The first kappa shape index (κ1) is 16.8. The van der Waals surface area contributed by atoms with Gasteiger partial charge in [-0.25, -0.2) is 0 Å². The summed E-state index contributed by atoms with van der Waals surface area (Å²) >= 11 is 13.9. The maximum absolute atomic E-state index is 11.4. The van der Waals surface area contributed by atoms with Gasteiger partial charge >= 0.3 is 5.97 Å². The van der Waals surface area contributed by atoms with Crippen molar-refractivity contribution < 1.29 is 9.90 Å². The van der Waals surface area contributed by atoms with Crippen molar-refractivity contribution >= 4 is 40.5 Å². The summed E-state index contributed by atoms with van der Waals surface area (Å²) in [5, 5.41) is 12.5. The molecular formula is C17H17Cl2NO2S. The fourth-order valence-corrected chi connectivity index (χ4v) is 4.32. The standard InChI is InChI=1S/C17H17Cl2NO2S/c18-13-6-5-11(9-14(13)19)16(15-4-2-8-23-15)20-7-1-3-12(10-20)17(21)22/h2,4-6,8-9,12,16H,1,3,7,10H2,(H,21,22). The molecule has 3 rings (SSSR count). The van der Waals surface area contributed by atoms with E-state index < -0.39 is 5.97 Å². The molecule has 2 atom stereocenters. The smallest absolute Gasteiger partial charge is 0.307 e. The van der Waals surface area contributed by atoms with E-state index in [0.29, 0.717) is 16.6 Å². The van der Waals surface area contributed by atoms with Crippen LogP contribution in [0.3, 0.4) is 0 Å². The number of carbonyl (C=O) groups is 1. The molecule has 0 aliphatic carbocycles. The molecule has 1 N–H and O–H groups in total. The molecular weight excluding hydrogens is 353 g/mol. The summed E-state index contributed by atoms with van der Waals surface area (Å²) in [6.45, 7) is 1.44. The van der Waals surface area contributed by atoms with Gasteiger partial charge in [-0.3, -0.25) is 9.69 Å². The zero-order valence-electron chi connectivity index (χ0n) is 12.4. The van der Waals surface area contributed by atoms with Gasteiger partial charge in [0.25, 0.3) is 0 Å². The van der Waals surface area contributed by atoms with Gasteiger partial charge in [0.15, 0.2) is 0 Å². The third-order valence-corrected chi connectivity index (χ3v) is 5.90. The Morgan fingerprint density at radius 1 is 1.30 bits per heavy atom. The Morgan fingerprint density at radius 3 is 2.78 bits per heavy atom. The summed E-state index contributed by atoms with van der Waals surface area (Å²) in [5.41, 5.74) is 1.05. The van der Waals surface area contributed by atoms with Crippen molar-refractivity contribution in [2.75, 3.05) is 13.1 Å². The van der Waals surface area contributed by atoms with Crippen LogP contribution in [0.15, 0.2) is 35.7 Å². The van der Waals surface area contributed by atoms with Crippen molar-refractivity contribution in [3.05, 3.63) is 56.2 Å². The molecule has 3 nitrogen and oxygen atoms in total. The quantitative estimate of drug-likeness (QED) is 0.829. The lowest BCUT2D eigenvalue weighted by molar-refractivity contribution is -0.143. The first-order chi connectivity index (χ1) is 11.1. The first-order valence-corrected chi connectivity index (χ1v) is 9.15. The zero-order chi connectivity index (χ0) is 16.4. The second kappa shape index (κ2) is 7.22. The molecule has 0 amide bonds. The highest BCUT2D eigenvalue weighted by molar-refractivity contribution is 7.10. The minimum atomic E-state index is -0.714. The summed E-state index contributed by atoms with van der Waals surface area (Å²) < 4.78 is 0. The minimum Gasteiger partial charge on any atom is -0.481 e. The maximum Gasteiger partial charge on any atom is 0.307 e. The van der Waals surface area contributed by atoms with Gasteiger partial charge in [-0.05, 0) is 48.5 Å². The highest BCUT2D eigenvalue weighted by atomic mass is 35.5. The number of piperidine rings is 1. The van der Waals surface area contributed by atoms with Crippen LogP contribution >= 0.6 is 34.5 Å². The zero-order valence-corrected chi connectivity index (χ0v) is 14.7. The Hall–Kier alpha value is -1.07. The van der Waals surface area contributed by atoms with E-state index in [1.54, 1.807) is 17.4 Å². The van der Waals surface area contributed by atoms with Crippen molar-refractivity contribution in [1.29, 1.82) is 0 Å². The lowest BCUT2D eigenvalue weighted by Crippen LogP contribution is -2.41. The predicted molar refractivity (Wildman–Crippen MR) is 94.6 cm³/mol. The topological polar surface area (TPSA) is 40.5 Å². The number of hydrogen-bond donors (Lipinski definition) is 1. The van der Waals surface area contributed by atoms with Crippen LogP contribution in [0, 0.1) is 5.92 Å². The molecule has 1 aliphatic rings. The molecule has 1 aliphatic heterocycles.